The smallest absolute Gasteiger partial charge is 0.256 e. The van der Waals surface area contributed by atoms with Crippen molar-refractivity contribution in [2.45, 2.75) is 75.9 Å². The van der Waals surface area contributed by atoms with Gasteiger partial charge in [0.05, 0.1) is 10.5 Å². The molecule has 1 aromatic carbocycles. The Hall–Kier alpha value is -1.98. The van der Waals surface area contributed by atoms with E-state index in [1.807, 2.05) is 0 Å². The molecule has 11 heteroatoms. The number of anilines is 1. The van der Waals surface area contributed by atoms with Gasteiger partial charge in [-0.15, -0.1) is 23.7 Å². The van der Waals surface area contributed by atoms with E-state index in [0.717, 1.165) is 55.6 Å². The number of nitrogens with one attached hydrogen (secondary N) is 1. The lowest BCUT2D eigenvalue weighted by atomic mass is 9.96. The molecule has 2 aromatic rings. The molecule has 3 N–H and O–H groups in total. The van der Waals surface area contributed by atoms with Gasteiger partial charge in [0.15, 0.2) is 0 Å². The first-order valence-corrected chi connectivity index (χ1v) is 14.4. The van der Waals surface area contributed by atoms with Crippen molar-refractivity contribution in [3.8, 4) is 0 Å². The molecule has 4 rings (SSSR count). The van der Waals surface area contributed by atoms with Crippen molar-refractivity contribution >= 4 is 50.6 Å². The molecule has 0 atom stereocenters. The molecule has 1 aliphatic heterocycles. The average Bonchev–Trinajstić information content (AvgIpc) is 3.21. The molecule has 1 fully saturated rings. The van der Waals surface area contributed by atoms with Crippen molar-refractivity contribution in [3.05, 3.63) is 45.8 Å². The molecule has 2 amide bonds. The molecule has 1 saturated carbocycles. The number of benzene rings is 1. The topological polar surface area (TPSA) is 113 Å². The summed E-state index contributed by atoms with van der Waals surface area (Å²) in [7, 11) is -2.00. The van der Waals surface area contributed by atoms with Crippen LogP contribution in [0.15, 0.2) is 29.2 Å². The lowest BCUT2D eigenvalue weighted by Crippen LogP contribution is -2.38. The Bertz CT molecular complexity index is 1210. The summed E-state index contributed by atoms with van der Waals surface area (Å²) in [6.07, 6.45) is 5.68. The average molecular weight is 555 g/mol. The number of sulfonamides is 1. The number of fused-ring (bicyclic) bond motifs is 1. The summed E-state index contributed by atoms with van der Waals surface area (Å²) in [4.78, 5) is 28.7. The van der Waals surface area contributed by atoms with Crippen LogP contribution in [-0.2, 0) is 23.0 Å². The summed E-state index contributed by atoms with van der Waals surface area (Å²) in [5.41, 5.74) is 7.30. The van der Waals surface area contributed by atoms with Crippen LogP contribution in [0.4, 0.5) is 5.00 Å². The van der Waals surface area contributed by atoms with Gasteiger partial charge in [-0.2, -0.15) is 4.31 Å². The Balaban J connectivity index is 0.00000361. The number of rotatable bonds is 7. The zero-order chi connectivity index (χ0) is 25.3. The van der Waals surface area contributed by atoms with Crippen LogP contribution in [0.5, 0.6) is 0 Å². The van der Waals surface area contributed by atoms with Crippen LogP contribution in [0, 0.1) is 0 Å². The van der Waals surface area contributed by atoms with E-state index in [9.17, 15) is 18.0 Å². The molecule has 0 radical (unpaired) electrons. The quantitative estimate of drug-likeness (QED) is 0.531. The van der Waals surface area contributed by atoms with E-state index < -0.39 is 21.8 Å². The van der Waals surface area contributed by atoms with Gasteiger partial charge < -0.3 is 11.1 Å². The van der Waals surface area contributed by atoms with Gasteiger partial charge in [-0.05, 0) is 62.9 Å². The SMILES string of the molecule is CC(C)N1CCc2c(sc(NC(=O)c3ccc(S(=O)(=O)N(C)C4CCCCC4)cc3)c2C(N)=O)C1.Cl. The van der Waals surface area contributed by atoms with Crippen LogP contribution < -0.4 is 11.1 Å². The second-order valence-corrected chi connectivity index (χ2v) is 12.8. The van der Waals surface area contributed by atoms with Gasteiger partial charge in [-0.1, -0.05) is 19.3 Å². The summed E-state index contributed by atoms with van der Waals surface area (Å²) in [6.45, 7) is 5.81. The van der Waals surface area contributed by atoms with Crippen LogP contribution in [0.3, 0.4) is 0 Å². The van der Waals surface area contributed by atoms with E-state index in [-0.39, 0.29) is 23.3 Å². The summed E-state index contributed by atoms with van der Waals surface area (Å²) >= 11 is 1.38. The third-order valence-electron chi connectivity index (χ3n) is 7.17. The number of thiophene rings is 1. The highest BCUT2D eigenvalue weighted by atomic mass is 35.5. The summed E-state index contributed by atoms with van der Waals surface area (Å²) < 4.78 is 27.6. The van der Waals surface area contributed by atoms with Gasteiger partial charge in [0.25, 0.3) is 11.8 Å². The third kappa shape index (κ3) is 5.78. The molecule has 0 bridgehead atoms. The highest BCUT2D eigenvalue weighted by molar-refractivity contribution is 7.89. The van der Waals surface area contributed by atoms with E-state index in [1.165, 1.54) is 39.9 Å². The highest BCUT2D eigenvalue weighted by Crippen LogP contribution is 2.37. The number of nitrogens with zero attached hydrogens (tertiary/aromatic N) is 2. The molecule has 1 aliphatic carbocycles. The predicted octanol–water partition coefficient (Wildman–Crippen LogP) is 4.24. The van der Waals surface area contributed by atoms with Gasteiger partial charge in [-0.3, -0.25) is 14.5 Å². The molecule has 1 aromatic heterocycles. The van der Waals surface area contributed by atoms with Gasteiger partial charge in [0, 0.05) is 42.7 Å². The molecule has 2 aliphatic rings. The molecule has 8 nitrogen and oxygen atoms in total. The van der Waals surface area contributed by atoms with Crippen LogP contribution in [0.25, 0.3) is 0 Å². The number of carbonyl (C=O) groups excluding carboxylic acids is 2. The van der Waals surface area contributed by atoms with Crippen molar-refractivity contribution in [1.82, 2.24) is 9.21 Å². The summed E-state index contributed by atoms with van der Waals surface area (Å²) in [6, 6.07) is 6.36. The maximum Gasteiger partial charge on any atom is 0.256 e. The molecular weight excluding hydrogens is 520 g/mol. The lowest BCUT2D eigenvalue weighted by Gasteiger charge is -2.30. The Labute approximate surface area is 223 Å². The van der Waals surface area contributed by atoms with E-state index >= 15 is 0 Å². The number of hydrogen-bond acceptors (Lipinski definition) is 6. The Morgan fingerprint density at radius 3 is 2.36 bits per heavy atom. The van der Waals surface area contributed by atoms with Crippen molar-refractivity contribution in [1.29, 1.82) is 0 Å². The van der Waals surface area contributed by atoms with Crippen molar-refractivity contribution < 1.29 is 18.0 Å². The summed E-state index contributed by atoms with van der Waals surface area (Å²) in [5, 5.41) is 3.29. The number of carbonyl (C=O) groups is 2. The number of hydrogen-bond donors (Lipinski definition) is 2. The molecule has 198 valence electrons. The first-order chi connectivity index (χ1) is 16.6. The van der Waals surface area contributed by atoms with Gasteiger partial charge >= 0.3 is 0 Å². The second kappa shape index (κ2) is 11.6. The Kier molecular flexibility index (Phi) is 9.21. The number of nitrogens with two attached hydrogens (primary N) is 1. The van der Waals surface area contributed by atoms with Crippen molar-refractivity contribution in [2.24, 2.45) is 5.73 Å². The van der Waals surface area contributed by atoms with E-state index in [1.54, 1.807) is 7.05 Å². The first kappa shape index (κ1) is 28.6. The molecular formula is C25H35ClN4O4S2. The minimum absolute atomic E-state index is 0. The fourth-order valence-corrected chi connectivity index (χ4v) is 7.66. The number of amides is 2. The zero-order valence-electron chi connectivity index (χ0n) is 21.0. The standard InChI is InChI=1S/C25H34N4O4S2.ClH/c1-16(2)29-14-13-20-21(15-29)34-25(22(20)23(26)30)27-24(31)17-9-11-19(12-10-17)35(32,33)28(3)18-7-5-4-6-8-18;/h9-12,16,18H,4-8,13-15H2,1-3H3,(H2,26,30)(H,27,31);1H. The Morgan fingerprint density at radius 2 is 1.78 bits per heavy atom. The van der Waals surface area contributed by atoms with E-state index in [0.29, 0.717) is 28.6 Å². The first-order valence-electron chi connectivity index (χ1n) is 12.2. The van der Waals surface area contributed by atoms with Crippen LogP contribution >= 0.6 is 23.7 Å². The molecule has 36 heavy (non-hydrogen) atoms. The maximum atomic E-state index is 13.1. The second-order valence-electron chi connectivity index (χ2n) is 9.68. The fourth-order valence-electron chi connectivity index (χ4n) is 4.97. The lowest BCUT2D eigenvalue weighted by molar-refractivity contribution is 0.0999. The minimum Gasteiger partial charge on any atom is -0.365 e. The molecule has 0 spiro atoms. The van der Waals surface area contributed by atoms with Crippen molar-refractivity contribution in [3.63, 3.8) is 0 Å². The van der Waals surface area contributed by atoms with E-state index in [4.69, 9.17) is 5.73 Å². The van der Waals surface area contributed by atoms with Crippen LogP contribution in [-0.4, -0.2) is 55.1 Å². The van der Waals surface area contributed by atoms with Crippen LogP contribution in [0.2, 0.25) is 0 Å². The number of primary amides is 1. The van der Waals surface area contributed by atoms with Crippen molar-refractivity contribution in [2.75, 3.05) is 18.9 Å². The van der Waals surface area contributed by atoms with Gasteiger partial charge in [-0.25, -0.2) is 8.42 Å². The van der Waals surface area contributed by atoms with Gasteiger partial charge in [0.1, 0.15) is 5.00 Å². The molecule has 0 saturated heterocycles. The Morgan fingerprint density at radius 1 is 1.14 bits per heavy atom. The molecule has 0 unspecified atom stereocenters. The van der Waals surface area contributed by atoms with Gasteiger partial charge in [0.2, 0.25) is 10.0 Å². The van der Waals surface area contributed by atoms with E-state index in [2.05, 4.69) is 24.1 Å². The molecule has 2 heterocycles. The minimum atomic E-state index is -3.63. The maximum absolute atomic E-state index is 13.1. The fraction of sp³-hybridized carbons (Fsp3) is 0.520. The largest absolute Gasteiger partial charge is 0.365 e. The summed E-state index contributed by atoms with van der Waals surface area (Å²) in [5.74, 6) is -0.959. The highest BCUT2D eigenvalue weighted by Gasteiger charge is 2.30. The van der Waals surface area contributed by atoms with Crippen LogP contribution in [0.1, 0.15) is 77.1 Å². The zero-order valence-corrected chi connectivity index (χ0v) is 23.4. The third-order valence-corrected chi connectivity index (χ3v) is 10.2. The number of halogens is 1. The predicted molar refractivity (Wildman–Crippen MR) is 146 cm³/mol. The normalized spacial score (nSPS) is 17.0. The monoisotopic (exact) mass is 554 g/mol.